The van der Waals surface area contributed by atoms with Gasteiger partial charge in [-0.1, -0.05) is 0 Å². The van der Waals surface area contributed by atoms with Crippen LogP contribution in [0.4, 0.5) is 0 Å². The van der Waals surface area contributed by atoms with E-state index in [1.807, 2.05) is 30.9 Å². The Labute approximate surface area is 114 Å². The molecule has 0 radical (unpaired) electrons. The van der Waals surface area contributed by atoms with Gasteiger partial charge in [0.15, 0.2) is 0 Å². The van der Waals surface area contributed by atoms with Crippen LogP contribution in [0.3, 0.4) is 0 Å². The predicted molar refractivity (Wildman–Crippen MR) is 76.1 cm³/mol. The van der Waals surface area contributed by atoms with E-state index in [0.717, 1.165) is 24.6 Å². The molecule has 0 saturated carbocycles. The van der Waals surface area contributed by atoms with Crippen LogP contribution in [-0.2, 0) is 13.1 Å². The van der Waals surface area contributed by atoms with Gasteiger partial charge in [0.25, 0.3) is 0 Å². The number of aromatic nitrogens is 2. The lowest BCUT2D eigenvalue weighted by molar-refractivity contribution is 0.382. The summed E-state index contributed by atoms with van der Waals surface area (Å²) in [5, 5.41) is 7.74. The molecule has 4 heteroatoms. The van der Waals surface area contributed by atoms with E-state index in [0.29, 0.717) is 0 Å². The Morgan fingerprint density at radius 1 is 1.32 bits per heavy atom. The van der Waals surface area contributed by atoms with Crippen LogP contribution in [0.5, 0.6) is 0 Å². The van der Waals surface area contributed by atoms with Crippen molar-refractivity contribution >= 4 is 0 Å². The topological polar surface area (TPSA) is 43.0 Å². The Morgan fingerprint density at radius 3 is 2.63 bits per heavy atom. The van der Waals surface area contributed by atoms with E-state index in [-0.39, 0.29) is 5.54 Å². The lowest BCUT2D eigenvalue weighted by Crippen LogP contribution is -2.34. The van der Waals surface area contributed by atoms with Gasteiger partial charge < -0.3 is 9.73 Å². The molecule has 0 aliphatic carbocycles. The van der Waals surface area contributed by atoms with Gasteiger partial charge in [0, 0.05) is 17.3 Å². The molecule has 0 aliphatic rings. The van der Waals surface area contributed by atoms with E-state index in [1.165, 1.54) is 11.1 Å². The summed E-state index contributed by atoms with van der Waals surface area (Å²) in [6.07, 6.45) is 3.91. The summed E-state index contributed by atoms with van der Waals surface area (Å²) in [4.78, 5) is 0. The van der Waals surface area contributed by atoms with Crippen LogP contribution in [0.2, 0.25) is 0 Å². The molecular weight excluding hydrogens is 238 g/mol. The van der Waals surface area contributed by atoms with Crippen molar-refractivity contribution in [1.82, 2.24) is 15.1 Å². The second kappa shape index (κ2) is 5.21. The van der Waals surface area contributed by atoms with E-state index >= 15 is 0 Å². The number of furan rings is 1. The second-order valence-corrected chi connectivity index (χ2v) is 6.11. The Morgan fingerprint density at radius 2 is 2.05 bits per heavy atom. The van der Waals surface area contributed by atoms with E-state index < -0.39 is 0 Å². The third kappa shape index (κ3) is 3.96. The Bertz CT molecular complexity index is 546. The third-order valence-corrected chi connectivity index (χ3v) is 2.96. The molecule has 0 fully saturated rings. The van der Waals surface area contributed by atoms with Crippen molar-refractivity contribution in [1.29, 1.82) is 0 Å². The standard InChI is InChI=1S/C15H23N3O/c1-11-7-17-18(9-11)10-13-6-14(19-12(13)2)8-16-15(3,4)5/h6-7,9,16H,8,10H2,1-5H3. The molecular formula is C15H23N3O. The lowest BCUT2D eigenvalue weighted by atomic mass is 10.1. The van der Waals surface area contributed by atoms with Crippen LogP contribution in [0, 0.1) is 13.8 Å². The Balaban J connectivity index is 2.04. The number of rotatable bonds is 4. The number of nitrogens with zero attached hydrogens (tertiary/aromatic N) is 2. The maximum absolute atomic E-state index is 5.79. The SMILES string of the molecule is Cc1cnn(Cc2cc(CNC(C)(C)C)oc2C)c1. The van der Waals surface area contributed by atoms with Crippen molar-refractivity contribution in [2.45, 2.75) is 53.2 Å². The molecule has 2 aromatic rings. The Hall–Kier alpha value is -1.55. The van der Waals surface area contributed by atoms with E-state index in [1.54, 1.807) is 0 Å². The fraction of sp³-hybridized carbons (Fsp3) is 0.533. The smallest absolute Gasteiger partial charge is 0.118 e. The van der Waals surface area contributed by atoms with Crippen molar-refractivity contribution in [3.8, 4) is 0 Å². The molecule has 0 aromatic carbocycles. The number of hydrogen-bond acceptors (Lipinski definition) is 3. The highest BCUT2D eigenvalue weighted by molar-refractivity contribution is 5.21. The second-order valence-electron chi connectivity index (χ2n) is 6.11. The molecule has 2 rings (SSSR count). The lowest BCUT2D eigenvalue weighted by Gasteiger charge is -2.19. The zero-order valence-electron chi connectivity index (χ0n) is 12.4. The maximum Gasteiger partial charge on any atom is 0.118 e. The van der Waals surface area contributed by atoms with Crippen LogP contribution in [0.1, 0.15) is 43.4 Å². The summed E-state index contributed by atoms with van der Waals surface area (Å²) in [7, 11) is 0. The minimum Gasteiger partial charge on any atom is -0.465 e. The molecule has 19 heavy (non-hydrogen) atoms. The zero-order valence-corrected chi connectivity index (χ0v) is 12.4. The molecule has 0 saturated heterocycles. The molecule has 2 heterocycles. The Kier molecular flexibility index (Phi) is 3.80. The van der Waals surface area contributed by atoms with Gasteiger partial charge in [0.1, 0.15) is 11.5 Å². The summed E-state index contributed by atoms with van der Waals surface area (Å²) in [6, 6.07) is 2.12. The summed E-state index contributed by atoms with van der Waals surface area (Å²) >= 11 is 0. The van der Waals surface area contributed by atoms with E-state index in [2.05, 4.69) is 37.3 Å². The minimum atomic E-state index is 0.0972. The first kappa shape index (κ1) is 13.9. The third-order valence-electron chi connectivity index (χ3n) is 2.96. The summed E-state index contributed by atoms with van der Waals surface area (Å²) in [6.45, 7) is 12.0. The first-order valence-electron chi connectivity index (χ1n) is 6.66. The summed E-state index contributed by atoms with van der Waals surface area (Å²) in [5.74, 6) is 1.95. The molecule has 0 unspecified atom stereocenters. The molecule has 0 spiro atoms. The van der Waals surface area contributed by atoms with Gasteiger partial charge in [-0.15, -0.1) is 0 Å². The average molecular weight is 261 g/mol. The molecule has 0 atom stereocenters. The minimum absolute atomic E-state index is 0.0972. The molecule has 0 aliphatic heterocycles. The maximum atomic E-state index is 5.79. The van der Waals surface area contributed by atoms with Crippen molar-refractivity contribution in [2.75, 3.05) is 0 Å². The normalized spacial score (nSPS) is 12.1. The van der Waals surface area contributed by atoms with Gasteiger partial charge in [0.2, 0.25) is 0 Å². The van der Waals surface area contributed by atoms with Gasteiger partial charge in [-0.25, -0.2) is 0 Å². The van der Waals surface area contributed by atoms with Crippen LogP contribution in [0.15, 0.2) is 22.9 Å². The monoisotopic (exact) mass is 261 g/mol. The summed E-state index contributed by atoms with van der Waals surface area (Å²) in [5.41, 5.74) is 2.46. The highest BCUT2D eigenvalue weighted by atomic mass is 16.3. The molecule has 1 N–H and O–H groups in total. The highest BCUT2D eigenvalue weighted by Gasteiger charge is 2.12. The van der Waals surface area contributed by atoms with E-state index in [4.69, 9.17) is 4.42 Å². The molecule has 2 aromatic heterocycles. The van der Waals surface area contributed by atoms with Gasteiger partial charge in [0.05, 0.1) is 19.3 Å². The summed E-state index contributed by atoms with van der Waals surface area (Å²) < 4.78 is 7.72. The van der Waals surface area contributed by atoms with Crippen molar-refractivity contribution in [2.24, 2.45) is 0 Å². The number of aryl methyl sites for hydroxylation is 2. The van der Waals surface area contributed by atoms with Gasteiger partial charge >= 0.3 is 0 Å². The number of hydrogen-bond donors (Lipinski definition) is 1. The van der Waals surface area contributed by atoms with Gasteiger partial charge in [-0.2, -0.15) is 5.10 Å². The fourth-order valence-electron chi connectivity index (χ4n) is 1.91. The molecule has 0 bridgehead atoms. The fourth-order valence-corrected chi connectivity index (χ4v) is 1.91. The van der Waals surface area contributed by atoms with Crippen LogP contribution in [0.25, 0.3) is 0 Å². The van der Waals surface area contributed by atoms with Crippen LogP contribution < -0.4 is 5.32 Å². The predicted octanol–water partition coefficient (Wildman–Crippen LogP) is 3.03. The van der Waals surface area contributed by atoms with Gasteiger partial charge in [-0.3, -0.25) is 4.68 Å². The first-order valence-corrected chi connectivity index (χ1v) is 6.66. The highest BCUT2D eigenvalue weighted by Crippen LogP contribution is 2.16. The van der Waals surface area contributed by atoms with Crippen LogP contribution in [-0.4, -0.2) is 15.3 Å². The average Bonchev–Trinajstić information content (AvgIpc) is 2.83. The molecule has 0 amide bonds. The van der Waals surface area contributed by atoms with Gasteiger partial charge in [-0.05, 0) is 46.2 Å². The number of nitrogens with one attached hydrogen (secondary N) is 1. The van der Waals surface area contributed by atoms with Crippen molar-refractivity contribution in [3.63, 3.8) is 0 Å². The van der Waals surface area contributed by atoms with Crippen molar-refractivity contribution < 1.29 is 4.42 Å². The largest absolute Gasteiger partial charge is 0.465 e. The van der Waals surface area contributed by atoms with Crippen LogP contribution >= 0.6 is 0 Å². The first-order chi connectivity index (χ1) is 8.83. The molecule has 4 nitrogen and oxygen atoms in total. The van der Waals surface area contributed by atoms with Crippen molar-refractivity contribution in [3.05, 3.63) is 41.1 Å². The quantitative estimate of drug-likeness (QED) is 0.920. The van der Waals surface area contributed by atoms with E-state index in [9.17, 15) is 0 Å². The molecule has 104 valence electrons. The zero-order chi connectivity index (χ0) is 14.0.